The molecule has 0 bridgehead atoms. The molecular formula is C18H15NO3. The third-order valence-corrected chi connectivity index (χ3v) is 3.30. The molecule has 0 fully saturated rings. The molecule has 0 spiro atoms. The van der Waals surface area contributed by atoms with Crippen molar-refractivity contribution in [2.75, 3.05) is 7.11 Å². The zero-order valence-electron chi connectivity index (χ0n) is 12.4. The van der Waals surface area contributed by atoms with E-state index < -0.39 is 5.97 Å². The topological polar surface area (TPSA) is 47.9 Å². The van der Waals surface area contributed by atoms with Gasteiger partial charge in [0.2, 0.25) is 5.90 Å². The molecule has 0 saturated carbocycles. The summed E-state index contributed by atoms with van der Waals surface area (Å²) >= 11 is 0. The summed E-state index contributed by atoms with van der Waals surface area (Å²) in [5.74, 6) is 0.426. The molecule has 2 aromatic rings. The van der Waals surface area contributed by atoms with E-state index in [0.29, 0.717) is 11.3 Å². The summed E-state index contributed by atoms with van der Waals surface area (Å²) in [7, 11) is 1.57. The van der Waals surface area contributed by atoms with Crippen molar-refractivity contribution in [3.63, 3.8) is 0 Å². The number of para-hydroxylation sites is 1. The minimum atomic E-state index is -0.456. The first-order chi connectivity index (χ1) is 10.7. The maximum atomic E-state index is 12.0. The number of carbonyl (C=O) groups is 1. The highest BCUT2D eigenvalue weighted by Gasteiger charge is 2.25. The summed E-state index contributed by atoms with van der Waals surface area (Å²) in [6.45, 7) is 2.00. The molecule has 2 aromatic carbocycles. The largest absolute Gasteiger partial charge is 0.496 e. The van der Waals surface area contributed by atoms with Gasteiger partial charge in [-0.2, -0.15) is 0 Å². The smallest absolute Gasteiger partial charge is 0.363 e. The first-order valence-corrected chi connectivity index (χ1v) is 6.90. The van der Waals surface area contributed by atoms with Crippen LogP contribution in [-0.2, 0) is 9.53 Å². The predicted molar refractivity (Wildman–Crippen MR) is 84.8 cm³/mol. The predicted octanol–water partition coefficient (Wildman–Crippen LogP) is 3.35. The zero-order valence-corrected chi connectivity index (χ0v) is 12.4. The highest BCUT2D eigenvalue weighted by molar-refractivity contribution is 6.13. The quantitative estimate of drug-likeness (QED) is 0.644. The van der Waals surface area contributed by atoms with Gasteiger partial charge < -0.3 is 9.47 Å². The van der Waals surface area contributed by atoms with Crippen LogP contribution in [-0.4, -0.2) is 19.0 Å². The third kappa shape index (κ3) is 2.76. The second-order valence-corrected chi connectivity index (χ2v) is 4.95. The lowest BCUT2D eigenvalue weighted by Gasteiger charge is -2.05. The molecular weight excluding hydrogens is 278 g/mol. The van der Waals surface area contributed by atoms with Crippen LogP contribution in [0.5, 0.6) is 5.75 Å². The van der Waals surface area contributed by atoms with E-state index in [1.54, 1.807) is 25.3 Å². The number of hydrogen-bond acceptors (Lipinski definition) is 4. The van der Waals surface area contributed by atoms with E-state index in [4.69, 9.17) is 9.47 Å². The highest BCUT2D eigenvalue weighted by atomic mass is 16.6. The van der Waals surface area contributed by atoms with Crippen LogP contribution < -0.4 is 4.74 Å². The van der Waals surface area contributed by atoms with Crippen molar-refractivity contribution < 1.29 is 14.3 Å². The Balaban J connectivity index is 1.98. The Kier molecular flexibility index (Phi) is 3.74. The van der Waals surface area contributed by atoms with Crippen LogP contribution in [0.15, 0.2) is 59.2 Å². The molecule has 1 aliphatic heterocycles. The standard InChI is InChI=1S/C18H15NO3/c1-12-6-5-7-13(10-12)11-15-18(20)22-17(19-15)14-8-3-4-9-16(14)21-2/h3-11H,1-2H3/b15-11-. The minimum Gasteiger partial charge on any atom is -0.496 e. The minimum absolute atomic E-state index is 0.265. The van der Waals surface area contributed by atoms with Crippen molar-refractivity contribution in [2.24, 2.45) is 4.99 Å². The number of benzene rings is 2. The fourth-order valence-corrected chi connectivity index (χ4v) is 2.26. The van der Waals surface area contributed by atoms with Gasteiger partial charge in [0.1, 0.15) is 5.75 Å². The molecule has 0 atom stereocenters. The number of rotatable bonds is 3. The second-order valence-electron chi connectivity index (χ2n) is 4.95. The second kappa shape index (κ2) is 5.85. The van der Waals surface area contributed by atoms with E-state index in [9.17, 15) is 4.79 Å². The molecule has 1 heterocycles. The van der Waals surface area contributed by atoms with Crippen LogP contribution in [0.1, 0.15) is 16.7 Å². The summed E-state index contributed by atoms with van der Waals surface area (Å²) in [6, 6.07) is 15.1. The van der Waals surface area contributed by atoms with Gasteiger partial charge in [0.15, 0.2) is 5.70 Å². The molecule has 3 rings (SSSR count). The number of aliphatic imine (C=N–C) groups is 1. The van der Waals surface area contributed by atoms with E-state index >= 15 is 0 Å². The SMILES string of the molecule is COc1ccccc1C1=N/C(=C\c2cccc(C)c2)C(=O)O1. The summed E-state index contributed by atoms with van der Waals surface area (Å²) in [5, 5.41) is 0. The van der Waals surface area contributed by atoms with Gasteiger partial charge >= 0.3 is 5.97 Å². The van der Waals surface area contributed by atoms with E-state index in [0.717, 1.165) is 11.1 Å². The number of nitrogens with zero attached hydrogens (tertiary/aromatic N) is 1. The molecule has 0 aromatic heterocycles. The zero-order chi connectivity index (χ0) is 15.5. The molecule has 0 saturated heterocycles. The molecule has 22 heavy (non-hydrogen) atoms. The van der Waals surface area contributed by atoms with E-state index in [1.807, 2.05) is 43.3 Å². The first-order valence-electron chi connectivity index (χ1n) is 6.90. The van der Waals surface area contributed by atoms with Crippen molar-refractivity contribution in [1.82, 2.24) is 0 Å². The summed E-state index contributed by atoms with van der Waals surface area (Å²) in [5.41, 5.74) is 2.98. The van der Waals surface area contributed by atoms with Crippen molar-refractivity contribution in [2.45, 2.75) is 6.92 Å². The van der Waals surface area contributed by atoms with Gasteiger partial charge in [0, 0.05) is 0 Å². The number of aryl methyl sites for hydroxylation is 1. The number of ether oxygens (including phenoxy) is 2. The monoisotopic (exact) mass is 293 g/mol. The van der Waals surface area contributed by atoms with Crippen molar-refractivity contribution in [3.05, 3.63) is 70.9 Å². The molecule has 0 amide bonds. The molecule has 1 aliphatic rings. The molecule has 4 heteroatoms. The Bertz CT molecular complexity index is 790. The molecule has 0 unspecified atom stereocenters. The van der Waals surface area contributed by atoms with Crippen molar-refractivity contribution in [3.8, 4) is 5.75 Å². The maximum absolute atomic E-state index is 12.0. The third-order valence-electron chi connectivity index (χ3n) is 3.30. The van der Waals surface area contributed by atoms with Gasteiger partial charge in [-0.05, 0) is 30.7 Å². The molecule has 0 N–H and O–H groups in total. The van der Waals surface area contributed by atoms with Crippen molar-refractivity contribution in [1.29, 1.82) is 0 Å². The highest BCUT2D eigenvalue weighted by Crippen LogP contribution is 2.25. The fraction of sp³-hybridized carbons (Fsp3) is 0.111. The maximum Gasteiger partial charge on any atom is 0.363 e. The number of esters is 1. The Labute approximate surface area is 128 Å². The molecule has 0 radical (unpaired) electrons. The summed E-state index contributed by atoms with van der Waals surface area (Å²) < 4.78 is 10.5. The van der Waals surface area contributed by atoms with Gasteiger partial charge in [-0.15, -0.1) is 0 Å². The van der Waals surface area contributed by atoms with Crippen LogP contribution in [0, 0.1) is 6.92 Å². The van der Waals surface area contributed by atoms with E-state index in [1.165, 1.54) is 0 Å². The lowest BCUT2D eigenvalue weighted by molar-refractivity contribution is -0.129. The van der Waals surface area contributed by atoms with Crippen molar-refractivity contribution >= 4 is 17.9 Å². The number of methoxy groups -OCH3 is 1. The number of cyclic esters (lactones) is 1. The van der Waals surface area contributed by atoms with E-state index in [-0.39, 0.29) is 11.6 Å². The molecule has 0 aliphatic carbocycles. The van der Waals surface area contributed by atoms with Gasteiger partial charge in [0.25, 0.3) is 0 Å². The van der Waals surface area contributed by atoms with Crippen LogP contribution >= 0.6 is 0 Å². The normalized spacial score (nSPS) is 15.6. The first kappa shape index (κ1) is 14.1. The fourth-order valence-electron chi connectivity index (χ4n) is 2.26. The Morgan fingerprint density at radius 3 is 2.73 bits per heavy atom. The van der Waals surface area contributed by atoms with Gasteiger partial charge in [0.05, 0.1) is 12.7 Å². The Hall–Kier alpha value is -2.88. The number of carbonyl (C=O) groups excluding carboxylic acids is 1. The van der Waals surface area contributed by atoms with Gasteiger partial charge in [-0.3, -0.25) is 0 Å². The van der Waals surface area contributed by atoms with Gasteiger partial charge in [-0.1, -0.05) is 42.0 Å². The van der Waals surface area contributed by atoms with Crippen LogP contribution in [0.4, 0.5) is 0 Å². The van der Waals surface area contributed by atoms with Crippen LogP contribution in [0.25, 0.3) is 6.08 Å². The molecule has 110 valence electrons. The average molecular weight is 293 g/mol. The molecule has 4 nitrogen and oxygen atoms in total. The lowest BCUT2D eigenvalue weighted by Crippen LogP contribution is -2.06. The summed E-state index contributed by atoms with van der Waals surface area (Å²) in [4.78, 5) is 16.3. The van der Waals surface area contributed by atoms with Crippen LogP contribution in [0.3, 0.4) is 0 Å². The summed E-state index contributed by atoms with van der Waals surface area (Å²) in [6.07, 6.45) is 1.72. The Morgan fingerprint density at radius 2 is 1.95 bits per heavy atom. The Morgan fingerprint density at radius 1 is 1.14 bits per heavy atom. The van der Waals surface area contributed by atoms with Gasteiger partial charge in [-0.25, -0.2) is 9.79 Å². The van der Waals surface area contributed by atoms with E-state index in [2.05, 4.69) is 4.99 Å². The van der Waals surface area contributed by atoms with Crippen LogP contribution in [0.2, 0.25) is 0 Å². The number of hydrogen-bond donors (Lipinski definition) is 0. The lowest BCUT2D eigenvalue weighted by atomic mass is 10.1. The average Bonchev–Trinajstić information content (AvgIpc) is 2.88.